The first-order valence-electron chi connectivity index (χ1n) is 11.1. The lowest BCUT2D eigenvalue weighted by atomic mass is 10.1. The van der Waals surface area contributed by atoms with Crippen LogP contribution in [0.15, 0.2) is 84.0 Å². The number of carbonyl (C=O) groups excluding carboxylic acids is 2. The molecule has 0 spiro atoms. The fourth-order valence-corrected chi connectivity index (χ4v) is 4.14. The average Bonchev–Trinajstić information content (AvgIpc) is 3.24. The van der Waals surface area contributed by atoms with Gasteiger partial charge in [0, 0.05) is 5.56 Å². The molecule has 0 saturated carbocycles. The molecule has 0 aliphatic carbocycles. The Labute approximate surface area is 207 Å². The molecule has 2 amide bonds. The van der Waals surface area contributed by atoms with Crippen molar-refractivity contribution in [3.63, 3.8) is 0 Å². The molecule has 0 aliphatic heterocycles. The summed E-state index contributed by atoms with van der Waals surface area (Å²) in [6.07, 6.45) is 0. The van der Waals surface area contributed by atoms with Crippen molar-refractivity contribution in [1.82, 2.24) is 20.2 Å². The summed E-state index contributed by atoms with van der Waals surface area (Å²) in [5.74, 6) is 6.17. The summed E-state index contributed by atoms with van der Waals surface area (Å²) in [5.41, 5.74) is 3.79. The van der Waals surface area contributed by atoms with Crippen molar-refractivity contribution in [2.75, 3.05) is 16.9 Å². The monoisotopic (exact) mass is 486 g/mol. The summed E-state index contributed by atoms with van der Waals surface area (Å²) in [5, 5.41) is 14.5. The molecule has 0 aliphatic rings. The number of nitrogens with zero attached hydrogens (tertiary/aromatic N) is 3. The van der Waals surface area contributed by atoms with Crippen molar-refractivity contribution < 1.29 is 9.59 Å². The Kier molecular flexibility index (Phi) is 7.47. The van der Waals surface area contributed by atoms with Gasteiger partial charge in [0.25, 0.3) is 5.91 Å². The van der Waals surface area contributed by atoms with E-state index in [0.29, 0.717) is 22.2 Å². The van der Waals surface area contributed by atoms with Gasteiger partial charge >= 0.3 is 0 Å². The summed E-state index contributed by atoms with van der Waals surface area (Å²) >= 11 is 1.17. The Morgan fingerprint density at radius 1 is 0.971 bits per heavy atom. The second-order valence-corrected chi connectivity index (χ2v) is 8.97. The van der Waals surface area contributed by atoms with E-state index in [4.69, 9.17) is 5.84 Å². The van der Waals surface area contributed by atoms with E-state index < -0.39 is 0 Å². The van der Waals surface area contributed by atoms with Crippen LogP contribution in [0.25, 0.3) is 11.4 Å². The minimum absolute atomic E-state index is 0.0552. The van der Waals surface area contributed by atoms with Gasteiger partial charge in [-0.15, -0.1) is 10.2 Å². The maximum atomic E-state index is 12.9. The highest BCUT2D eigenvalue weighted by Crippen LogP contribution is 2.23. The van der Waals surface area contributed by atoms with Crippen LogP contribution in [0.5, 0.6) is 0 Å². The molecule has 1 aromatic heterocycles. The maximum Gasteiger partial charge on any atom is 0.253 e. The molecule has 0 saturated heterocycles. The molecule has 0 fully saturated rings. The molecule has 0 unspecified atom stereocenters. The first-order valence-corrected chi connectivity index (χ1v) is 12.1. The summed E-state index contributed by atoms with van der Waals surface area (Å²) in [6.45, 7) is 3.92. The summed E-state index contributed by atoms with van der Waals surface area (Å²) in [4.78, 5) is 25.6. The number of nitrogens with two attached hydrogens (primary N) is 1. The zero-order valence-electron chi connectivity index (χ0n) is 19.4. The van der Waals surface area contributed by atoms with Gasteiger partial charge in [-0.1, -0.05) is 84.1 Å². The van der Waals surface area contributed by atoms with Crippen molar-refractivity contribution in [2.45, 2.75) is 25.0 Å². The minimum Gasteiger partial charge on any atom is -0.345 e. The topological polar surface area (TPSA) is 115 Å². The predicted molar refractivity (Wildman–Crippen MR) is 138 cm³/mol. The van der Waals surface area contributed by atoms with Gasteiger partial charge < -0.3 is 16.5 Å². The largest absolute Gasteiger partial charge is 0.345 e. The van der Waals surface area contributed by atoms with Crippen LogP contribution in [0, 0.1) is 6.92 Å². The molecular weight excluding hydrogens is 460 g/mol. The molecular formula is C26H26N6O2S. The molecule has 4 rings (SSSR count). The molecule has 9 heteroatoms. The molecule has 35 heavy (non-hydrogen) atoms. The van der Waals surface area contributed by atoms with E-state index in [1.54, 1.807) is 24.3 Å². The van der Waals surface area contributed by atoms with Gasteiger partial charge in [-0.05, 0) is 31.5 Å². The van der Waals surface area contributed by atoms with Gasteiger partial charge in [-0.2, -0.15) is 0 Å². The molecule has 4 N–H and O–H groups in total. The zero-order valence-corrected chi connectivity index (χ0v) is 20.3. The Morgan fingerprint density at radius 2 is 1.66 bits per heavy atom. The van der Waals surface area contributed by atoms with E-state index in [1.165, 1.54) is 16.4 Å². The molecule has 1 heterocycles. The Balaban J connectivity index is 1.39. The first-order chi connectivity index (χ1) is 16.9. The molecule has 0 bridgehead atoms. The zero-order chi connectivity index (χ0) is 24.8. The molecule has 178 valence electrons. The number of aryl methyl sites for hydroxylation is 1. The number of carbonyl (C=O) groups is 2. The van der Waals surface area contributed by atoms with Crippen molar-refractivity contribution in [3.8, 4) is 11.4 Å². The number of para-hydroxylation sites is 1. The second-order valence-electron chi connectivity index (χ2n) is 8.03. The van der Waals surface area contributed by atoms with Crippen LogP contribution in [0.4, 0.5) is 5.69 Å². The third-order valence-electron chi connectivity index (χ3n) is 5.40. The van der Waals surface area contributed by atoms with Gasteiger partial charge in [0.2, 0.25) is 11.1 Å². The minimum atomic E-state index is -0.286. The molecule has 3 aromatic carbocycles. The highest BCUT2D eigenvalue weighted by atomic mass is 32.2. The number of amides is 2. The number of aromatic nitrogens is 3. The van der Waals surface area contributed by atoms with E-state index in [1.807, 2.05) is 68.4 Å². The number of nitrogens with one attached hydrogen (secondary N) is 2. The lowest BCUT2D eigenvalue weighted by Crippen LogP contribution is -2.28. The fraction of sp³-hybridized carbons (Fsp3) is 0.154. The Morgan fingerprint density at radius 3 is 2.40 bits per heavy atom. The number of hydrogen-bond acceptors (Lipinski definition) is 6. The van der Waals surface area contributed by atoms with Gasteiger partial charge in [-0.3, -0.25) is 9.59 Å². The first kappa shape index (κ1) is 24.0. The molecule has 8 nitrogen and oxygen atoms in total. The fourth-order valence-electron chi connectivity index (χ4n) is 3.48. The number of anilines is 1. The third-order valence-corrected chi connectivity index (χ3v) is 6.34. The van der Waals surface area contributed by atoms with E-state index in [0.717, 1.165) is 16.7 Å². The van der Waals surface area contributed by atoms with Crippen LogP contribution in [-0.2, 0) is 4.79 Å². The van der Waals surface area contributed by atoms with Crippen LogP contribution < -0.4 is 16.5 Å². The van der Waals surface area contributed by atoms with Crippen LogP contribution >= 0.6 is 11.8 Å². The van der Waals surface area contributed by atoms with E-state index in [9.17, 15) is 9.59 Å². The highest BCUT2D eigenvalue weighted by molar-refractivity contribution is 7.99. The molecule has 4 aromatic rings. The predicted octanol–water partition coefficient (Wildman–Crippen LogP) is 4.19. The molecule has 0 radical (unpaired) electrons. The quantitative estimate of drug-likeness (QED) is 0.254. The standard InChI is InChI=1S/C26H26N6O2S/c1-17-12-14-20(15-13-17)24-30-31-26(32(24)27)35-16-23(33)29-22-11-7-6-10-21(22)25(34)28-18(2)19-8-4-3-5-9-19/h3-15,18H,16,27H2,1-2H3,(H,28,34)(H,29,33)/t18-/m0/s1. The van der Waals surface area contributed by atoms with Crippen LogP contribution in [-0.4, -0.2) is 32.4 Å². The van der Waals surface area contributed by atoms with Crippen molar-refractivity contribution >= 4 is 29.3 Å². The van der Waals surface area contributed by atoms with E-state index >= 15 is 0 Å². The van der Waals surface area contributed by atoms with Gasteiger partial charge in [0.1, 0.15) is 0 Å². The van der Waals surface area contributed by atoms with Gasteiger partial charge in [0.15, 0.2) is 5.82 Å². The highest BCUT2D eigenvalue weighted by Gasteiger charge is 2.17. The average molecular weight is 487 g/mol. The summed E-state index contributed by atoms with van der Waals surface area (Å²) < 4.78 is 1.37. The summed E-state index contributed by atoms with van der Waals surface area (Å²) in [6, 6.07) is 24.2. The summed E-state index contributed by atoms with van der Waals surface area (Å²) in [7, 11) is 0. The number of rotatable bonds is 8. The maximum absolute atomic E-state index is 12.9. The van der Waals surface area contributed by atoms with E-state index in [-0.39, 0.29) is 23.6 Å². The smallest absolute Gasteiger partial charge is 0.253 e. The SMILES string of the molecule is Cc1ccc(-c2nnc(SCC(=O)Nc3ccccc3C(=O)N[C@@H](C)c3ccccc3)n2N)cc1. The lowest BCUT2D eigenvalue weighted by molar-refractivity contribution is -0.113. The lowest BCUT2D eigenvalue weighted by Gasteiger charge is -2.16. The van der Waals surface area contributed by atoms with E-state index in [2.05, 4.69) is 20.8 Å². The van der Waals surface area contributed by atoms with Crippen LogP contribution in [0.3, 0.4) is 0 Å². The number of hydrogen-bond donors (Lipinski definition) is 3. The van der Waals surface area contributed by atoms with Gasteiger partial charge in [0.05, 0.1) is 23.0 Å². The van der Waals surface area contributed by atoms with Crippen LogP contribution in [0.2, 0.25) is 0 Å². The Bertz CT molecular complexity index is 1320. The van der Waals surface area contributed by atoms with Crippen molar-refractivity contribution in [3.05, 3.63) is 95.6 Å². The normalized spacial score (nSPS) is 11.6. The number of nitrogen functional groups attached to an aromatic ring is 1. The Hall–Kier alpha value is -4.11. The third kappa shape index (κ3) is 5.88. The molecule has 1 atom stereocenters. The second kappa shape index (κ2) is 10.9. The number of benzene rings is 3. The van der Waals surface area contributed by atoms with Gasteiger partial charge in [-0.25, -0.2) is 4.68 Å². The number of thioether (sulfide) groups is 1. The van der Waals surface area contributed by atoms with Crippen LogP contribution in [0.1, 0.15) is 34.5 Å². The van der Waals surface area contributed by atoms with Crippen molar-refractivity contribution in [1.29, 1.82) is 0 Å². The van der Waals surface area contributed by atoms with Crippen molar-refractivity contribution in [2.24, 2.45) is 0 Å².